The molecule has 1 aliphatic heterocycles. The summed E-state index contributed by atoms with van der Waals surface area (Å²) >= 11 is 0. The van der Waals surface area contributed by atoms with Crippen LogP contribution in [-0.4, -0.2) is 35.1 Å². The van der Waals surface area contributed by atoms with Gasteiger partial charge in [0.2, 0.25) is 5.82 Å². The lowest BCUT2D eigenvalue weighted by Crippen LogP contribution is -2.35. The lowest BCUT2D eigenvalue weighted by Gasteiger charge is -2.27. The van der Waals surface area contributed by atoms with Crippen LogP contribution >= 0.6 is 0 Å². The first kappa shape index (κ1) is 13.9. The number of hydrogen-bond donors (Lipinski definition) is 2. The average molecular weight is 275 g/mol. The molecule has 106 valence electrons. The number of aromatic nitrogens is 2. The summed E-state index contributed by atoms with van der Waals surface area (Å²) in [6.07, 6.45) is -1.34. The lowest BCUT2D eigenvalue weighted by atomic mass is 10.2. The molecule has 1 fully saturated rings. The first-order valence-electron chi connectivity index (χ1n) is 6.14. The van der Waals surface area contributed by atoms with E-state index >= 15 is 0 Å². The first-order chi connectivity index (χ1) is 8.99. The molecule has 19 heavy (non-hydrogen) atoms. The molecule has 0 bridgehead atoms. The highest BCUT2D eigenvalue weighted by atomic mass is 19.4. The molecule has 1 aromatic heterocycles. The SMILES string of the molecule is CNc1cc(NN2CCCCC2)nc(C(F)(F)F)n1. The normalized spacial score (nSPS) is 17.3. The highest BCUT2D eigenvalue weighted by Crippen LogP contribution is 2.28. The van der Waals surface area contributed by atoms with Gasteiger partial charge in [0.25, 0.3) is 0 Å². The van der Waals surface area contributed by atoms with Crippen LogP contribution in [0, 0.1) is 0 Å². The number of nitrogens with one attached hydrogen (secondary N) is 2. The largest absolute Gasteiger partial charge is 0.451 e. The fourth-order valence-electron chi connectivity index (χ4n) is 1.93. The number of hydrazine groups is 1. The van der Waals surface area contributed by atoms with Gasteiger partial charge in [-0.2, -0.15) is 13.2 Å². The van der Waals surface area contributed by atoms with Gasteiger partial charge in [0.1, 0.15) is 11.6 Å². The third-order valence-electron chi connectivity index (χ3n) is 2.86. The molecule has 0 saturated carbocycles. The first-order valence-corrected chi connectivity index (χ1v) is 6.14. The number of halogens is 3. The number of hydrogen-bond acceptors (Lipinski definition) is 5. The Labute approximate surface area is 109 Å². The maximum atomic E-state index is 12.7. The molecule has 5 nitrogen and oxygen atoms in total. The number of rotatable bonds is 3. The van der Waals surface area contributed by atoms with E-state index in [1.165, 1.54) is 13.1 Å². The van der Waals surface area contributed by atoms with Gasteiger partial charge in [-0.25, -0.2) is 15.0 Å². The molecule has 2 N–H and O–H groups in total. The predicted molar refractivity (Wildman–Crippen MR) is 65.6 cm³/mol. The molecule has 0 aliphatic carbocycles. The topological polar surface area (TPSA) is 53.1 Å². The standard InChI is InChI=1S/C11H16F3N5/c1-15-8-7-9(17-10(16-8)11(12,13)14)18-19-5-3-2-4-6-19/h7H,2-6H2,1H3,(H2,15,16,17,18). The molecule has 2 rings (SSSR count). The van der Waals surface area contributed by atoms with Crippen molar-refractivity contribution < 1.29 is 13.2 Å². The molecular weight excluding hydrogens is 259 g/mol. The minimum atomic E-state index is -4.55. The third-order valence-corrected chi connectivity index (χ3v) is 2.86. The van der Waals surface area contributed by atoms with E-state index in [4.69, 9.17) is 0 Å². The van der Waals surface area contributed by atoms with E-state index in [1.807, 2.05) is 5.01 Å². The van der Waals surface area contributed by atoms with Crippen LogP contribution in [0.3, 0.4) is 0 Å². The monoisotopic (exact) mass is 275 g/mol. The van der Waals surface area contributed by atoms with E-state index in [2.05, 4.69) is 20.7 Å². The van der Waals surface area contributed by atoms with Gasteiger partial charge in [0, 0.05) is 26.2 Å². The van der Waals surface area contributed by atoms with E-state index in [-0.39, 0.29) is 11.6 Å². The van der Waals surface area contributed by atoms with Gasteiger partial charge in [0.05, 0.1) is 0 Å². The van der Waals surface area contributed by atoms with Crippen molar-refractivity contribution in [2.75, 3.05) is 30.9 Å². The van der Waals surface area contributed by atoms with Gasteiger partial charge in [-0.3, -0.25) is 0 Å². The molecule has 1 aromatic rings. The van der Waals surface area contributed by atoms with Crippen LogP contribution in [0.15, 0.2) is 6.07 Å². The Kier molecular flexibility index (Phi) is 4.08. The summed E-state index contributed by atoms with van der Waals surface area (Å²) in [5.41, 5.74) is 2.91. The van der Waals surface area contributed by atoms with E-state index in [0.29, 0.717) is 0 Å². The van der Waals surface area contributed by atoms with Crippen molar-refractivity contribution in [1.82, 2.24) is 15.0 Å². The van der Waals surface area contributed by atoms with Crippen molar-refractivity contribution in [3.8, 4) is 0 Å². The Balaban J connectivity index is 2.19. The summed E-state index contributed by atoms with van der Waals surface area (Å²) < 4.78 is 38.0. The van der Waals surface area contributed by atoms with E-state index in [1.54, 1.807) is 0 Å². The van der Waals surface area contributed by atoms with Crippen molar-refractivity contribution in [3.05, 3.63) is 11.9 Å². The molecule has 2 heterocycles. The third kappa shape index (κ3) is 3.69. The zero-order valence-electron chi connectivity index (χ0n) is 10.6. The van der Waals surface area contributed by atoms with Gasteiger partial charge in [-0.05, 0) is 12.8 Å². The quantitative estimate of drug-likeness (QED) is 0.887. The van der Waals surface area contributed by atoms with Crippen molar-refractivity contribution in [2.24, 2.45) is 0 Å². The van der Waals surface area contributed by atoms with E-state index < -0.39 is 12.0 Å². The summed E-state index contributed by atoms with van der Waals surface area (Å²) in [5, 5.41) is 4.49. The van der Waals surface area contributed by atoms with E-state index in [9.17, 15) is 13.2 Å². The lowest BCUT2D eigenvalue weighted by molar-refractivity contribution is -0.144. The van der Waals surface area contributed by atoms with Crippen LogP contribution < -0.4 is 10.7 Å². The van der Waals surface area contributed by atoms with Gasteiger partial charge in [-0.15, -0.1) is 0 Å². The van der Waals surface area contributed by atoms with Crippen molar-refractivity contribution in [1.29, 1.82) is 0 Å². The van der Waals surface area contributed by atoms with Gasteiger partial charge in [-0.1, -0.05) is 6.42 Å². The summed E-state index contributed by atoms with van der Waals surface area (Å²) in [6, 6.07) is 1.46. The second-order valence-electron chi connectivity index (χ2n) is 4.37. The highest BCUT2D eigenvalue weighted by Gasteiger charge is 2.35. The molecular formula is C11H16F3N5. The van der Waals surface area contributed by atoms with Gasteiger partial charge >= 0.3 is 6.18 Å². The van der Waals surface area contributed by atoms with Crippen molar-refractivity contribution in [3.63, 3.8) is 0 Å². The molecule has 0 aromatic carbocycles. The Morgan fingerprint density at radius 1 is 1.11 bits per heavy atom. The Morgan fingerprint density at radius 3 is 2.32 bits per heavy atom. The van der Waals surface area contributed by atoms with Crippen LogP contribution in [0.2, 0.25) is 0 Å². The minimum absolute atomic E-state index is 0.141. The van der Waals surface area contributed by atoms with Crippen molar-refractivity contribution in [2.45, 2.75) is 25.4 Å². The predicted octanol–water partition coefficient (Wildman–Crippen LogP) is 2.35. The minimum Gasteiger partial charge on any atom is -0.373 e. The molecule has 0 amide bonds. The second-order valence-corrected chi connectivity index (χ2v) is 4.37. The summed E-state index contributed by atoms with van der Waals surface area (Å²) in [4.78, 5) is 6.93. The Bertz CT molecular complexity index is 429. The molecule has 8 heteroatoms. The molecule has 0 spiro atoms. The molecule has 1 aliphatic rings. The molecule has 1 saturated heterocycles. The fourth-order valence-corrected chi connectivity index (χ4v) is 1.93. The smallest absolute Gasteiger partial charge is 0.373 e. The summed E-state index contributed by atoms with van der Waals surface area (Å²) in [7, 11) is 1.52. The summed E-state index contributed by atoms with van der Waals surface area (Å²) in [5.74, 6) is -0.839. The molecule has 0 unspecified atom stereocenters. The number of piperidine rings is 1. The number of anilines is 2. The van der Waals surface area contributed by atoms with Gasteiger partial charge < -0.3 is 10.7 Å². The molecule has 0 radical (unpaired) electrons. The highest BCUT2D eigenvalue weighted by molar-refractivity contribution is 5.47. The summed E-state index contributed by atoms with van der Waals surface area (Å²) in [6.45, 7) is 1.61. The number of nitrogens with zero attached hydrogens (tertiary/aromatic N) is 3. The van der Waals surface area contributed by atoms with Crippen LogP contribution in [0.1, 0.15) is 25.1 Å². The van der Waals surface area contributed by atoms with E-state index in [0.717, 1.165) is 32.4 Å². The zero-order valence-corrected chi connectivity index (χ0v) is 10.6. The Hall–Kier alpha value is -1.57. The zero-order chi connectivity index (χ0) is 13.9. The van der Waals surface area contributed by atoms with Crippen LogP contribution in [0.4, 0.5) is 24.8 Å². The van der Waals surface area contributed by atoms with Crippen molar-refractivity contribution >= 4 is 11.6 Å². The maximum absolute atomic E-state index is 12.7. The second kappa shape index (κ2) is 5.60. The van der Waals surface area contributed by atoms with Crippen LogP contribution in [0.5, 0.6) is 0 Å². The molecule has 0 atom stereocenters. The van der Waals surface area contributed by atoms with Gasteiger partial charge in [0.15, 0.2) is 0 Å². The average Bonchev–Trinajstić information content (AvgIpc) is 2.38. The number of alkyl halides is 3. The fraction of sp³-hybridized carbons (Fsp3) is 0.636. The van der Waals surface area contributed by atoms with Crippen LogP contribution in [-0.2, 0) is 6.18 Å². The Morgan fingerprint density at radius 2 is 1.74 bits per heavy atom. The van der Waals surface area contributed by atoms with Crippen LogP contribution in [0.25, 0.3) is 0 Å². The maximum Gasteiger partial charge on any atom is 0.451 e.